The van der Waals surface area contributed by atoms with E-state index in [1.165, 1.54) is 0 Å². The predicted octanol–water partition coefficient (Wildman–Crippen LogP) is 2.89. The first-order valence-electron chi connectivity index (χ1n) is 2.82. The zero-order valence-electron chi connectivity index (χ0n) is 5.44. The van der Waals surface area contributed by atoms with E-state index in [1.807, 2.05) is 6.07 Å². The first kappa shape index (κ1) is 8.47. The molecule has 0 aliphatic heterocycles. The third-order valence-corrected chi connectivity index (χ3v) is 1.79. The number of halogens is 1. The summed E-state index contributed by atoms with van der Waals surface area (Å²) >= 11 is 4.79. The van der Waals surface area contributed by atoms with Gasteiger partial charge in [-0.15, -0.1) is 0 Å². The molecule has 0 spiro atoms. The number of rotatable bonds is 3. The minimum Gasteiger partial charge on any atom is -0.228 e. The molecule has 0 aromatic heterocycles. The van der Waals surface area contributed by atoms with Crippen LogP contribution in [0.5, 0.6) is 5.75 Å². The summed E-state index contributed by atoms with van der Waals surface area (Å²) in [4.78, 5) is 0. The van der Waals surface area contributed by atoms with Gasteiger partial charge in [0.15, 0.2) is 5.75 Å². The first-order chi connectivity index (χ1) is 5.33. The van der Waals surface area contributed by atoms with Crippen molar-refractivity contribution in [2.75, 3.05) is 0 Å². The second-order valence-electron chi connectivity index (χ2n) is 1.70. The maximum Gasteiger partial charge on any atom is 0.768 e. The largest absolute Gasteiger partial charge is 0.768 e. The summed E-state index contributed by atoms with van der Waals surface area (Å²) in [5.74, 6) is 0.467. The zero-order valence-corrected chi connectivity index (χ0v) is 7.09. The Morgan fingerprint density at radius 2 is 1.91 bits per heavy atom. The first-order valence-corrected chi connectivity index (χ1v) is 4.22. The van der Waals surface area contributed by atoms with Crippen LogP contribution in [-0.2, 0) is 8.64 Å². The number of hydrogen-bond acceptors (Lipinski definition) is 3. The smallest absolute Gasteiger partial charge is 0.228 e. The fourth-order valence-electron chi connectivity index (χ4n) is 0.582. The number of para-hydroxylation sites is 1. The SMILES string of the molecule is O=[P+](OCl)Oc1ccccc1. The quantitative estimate of drug-likeness (QED) is 0.689. The third kappa shape index (κ3) is 2.85. The highest BCUT2D eigenvalue weighted by atomic mass is 35.5. The molecule has 0 radical (unpaired) electrons. The standard InChI is InChI=1S/C6H5ClO3P/c7-10-11(8)9-6-4-2-1-3-5-6/h1-5H/q+1. The van der Waals surface area contributed by atoms with Crippen LogP contribution in [-0.4, -0.2) is 0 Å². The van der Waals surface area contributed by atoms with E-state index in [4.69, 9.17) is 16.4 Å². The number of benzene rings is 1. The van der Waals surface area contributed by atoms with Crippen molar-refractivity contribution in [3.05, 3.63) is 30.3 Å². The van der Waals surface area contributed by atoms with E-state index in [9.17, 15) is 4.57 Å². The molecule has 0 N–H and O–H groups in total. The van der Waals surface area contributed by atoms with Crippen LogP contribution in [0, 0.1) is 0 Å². The van der Waals surface area contributed by atoms with E-state index in [0.29, 0.717) is 5.75 Å². The highest BCUT2D eigenvalue weighted by Crippen LogP contribution is 2.28. The predicted molar refractivity (Wildman–Crippen MR) is 41.6 cm³/mol. The van der Waals surface area contributed by atoms with Gasteiger partial charge in [0, 0.05) is 8.64 Å². The van der Waals surface area contributed by atoms with Crippen LogP contribution in [0.1, 0.15) is 0 Å². The molecule has 0 aliphatic rings. The highest BCUT2D eigenvalue weighted by Gasteiger charge is 2.20. The van der Waals surface area contributed by atoms with Gasteiger partial charge in [-0.2, -0.15) is 0 Å². The Labute approximate surface area is 70.0 Å². The van der Waals surface area contributed by atoms with Gasteiger partial charge in [0.05, 0.1) is 0 Å². The van der Waals surface area contributed by atoms with Crippen molar-refractivity contribution < 1.29 is 13.2 Å². The summed E-state index contributed by atoms with van der Waals surface area (Å²) in [7, 11) is -2.24. The van der Waals surface area contributed by atoms with Crippen LogP contribution < -0.4 is 4.52 Å². The second-order valence-corrected chi connectivity index (χ2v) is 2.88. The van der Waals surface area contributed by atoms with E-state index >= 15 is 0 Å². The summed E-state index contributed by atoms with van der Waals surface area (Å²) in [5, 5.41) is 0. The lowest BCUT2D eigenvalue weighted by atomic mass is 10.3. The lowest BCUT2D eigenvalue weighted by molar-refractivity contribution is 0.430. The van der Waals surface area contributed by atoms with E-state index in [1.54, 1.807) is 24.3 Å². The molecule has 1 aromatic carbocycles. The van der Waals surface area contributed by atoms with Gasteiger partial charge < -0.3 is 0 Å². The van der Waals surface area contributed by atoms with Crippen LogP contribution in [0.15, 0.2) is 30.3 Å². The van der Waals surface area contributed by atoms with Gasteiger partial charge in [-0.1, -0.05) is 18.2 Å². The molecule has 1 unspecified atom stereocenters. The summed E-state index contributed by atoms with van der Waals surface area (Å²) in [5.41, 5.74) is 0. The lowest BCUT2D eigenvalue weighted by Gasteiger charge is -1.87. The van der Waals surface area contributed by atoms with Gasteiger partial charge >= 0.3 is 8.25 Å². The average molecular weight is 192 g/mol. The Kier molecular flexibility index (Phi) is 3.30. The minimum absolute atomic E-state index is 0.467. The molecule has 1 rings (SSSR count). The Morgan fingerprint density at radius 1 is 1.27 bits per heavy atom. The summed E-state index contributed by atoms with van der Waals surface area (Å²) in [6, 6.07) is 8.65. The topological polar surface area (TPSA) is 35.5 Å². The molecule has 0 amide bonds. The summed E-state index contributed by atoms with van der Waals surface area (Å²) in [6.07, 6.45) is 0. The number of hydrogen-bond donors (Lipinski definition) is 0. The average Bonchev–Trinajstić information content (AvgIpc) is 2.06. The van der Waals surface area contributed by atoms with E-state index < -0.39 is 8.25 Å². The Hall–Kier alpha value is -0.630. The molecule has 0 aliphatic carbocycles. The monoisotopic (exact) mass is 191 g/mol. The van der Waals surface area contributed by atoms with Crippen molar-refractivity contribution in [1.29, 1.82) is 0 Å². The minimum atomic E-state index is -2.24. The molecule has 0 heterocycles. The molecule has 0 fully saturated rings. The van der Waals surface area contributed by atoms with Gasteiger partial charge in [0.2, 0.25) is 0 Å². The molecule has 1 aromatic rings. The molecule has 5 heteroatoms. The summed E-state index contributed by atoms with van der Waals surface area (Å²) in [6.45, 7) is 0. The van der Waals surface area contributed by atoms with Crippen molar-refractivity contribution in [2.45, 2.75) is 0 Å². The van der Waals surface area contributed by atoms with Gasteiger partial charge in [0.25, 0.3) is 0 Å². The molecule has 3 nitrogen and oxygen atoms in total. The molecular formula is C6H5ClO3P+. The molecule has 11 heavy (non-hydrogen) atoms. The fraction of sp³-hybridized carbons (Fsp3) is 0. The normalized spacial score (nSPS) is 10.8. The molecule has 58 valence electrons. The van der Waals surface area contributed by atoms with Crippen LogP contribution in [0.3, 0.4) is 0 Å². The maximum absolute atomic E-state index is 10.6. The second kappa shape index (κ2) is 4.29. The Morgan fingerprint density at radius 3 is 2.45 bits per heavy atom. The van der Waals surface area contributed by atoms with Gasteiger partial charge in [0.1, 0.15) is 11.9 Å². The van der Waals surface area contributed by atoms with E-state index in [-0.39, 0.29) is 0 Å². The van der Waals surface area contributed by atoms with Crippen LogP contribution in [0.4, 0.5) is 0 Å². The van der Waals surface area contributed by atoms with Crippen LogP contribution >= 0.6 is 20.1 Å². The molecule has 0 saturated carbocycles. The van der Waals surface area contributed by atoms with Gasteiger partial charge in [-0.25, -0.2) is 4.52 Å². The summed E-state index contributed by atoms with van der Waals surface area (Å²) < 4.78 is 19.2. The lowest BCUT2D eigenvalue weighted by Crippen LogP contribution is -1.78. The Balaban J connectivity index is 2.58. The fourth-order valence-corrected chi connectivity index (χ4v) is 0.988. The molecular weight excluding hydrogens is 186 g/mol. The zero-order chi connectivity index (χ0) is 8.10. The highest BCUT2D eigenvalue weighted by molar-refractivity contribution is 7.35. The third-order valence-electron chi connectivity index (χ3n) is 0.979. The van der Waals surface area contributed by atoms with Crippen molar-refractivity contribution in [2.24, 2.45) is 0 Å². The van der Waals surface area contributed by atoms with Crippen molar-refractivity contribution in [3.8, 4) is 5.75 Å². The maximum atomic E-state index is 10.6. The Bertz CT molecular complexity index is 239. The molecule has 0 saturated heterocycles. The van der Waals surface area contributed by atoms with Crippen LogP contribution in [0.25, 0.3) is 0 Å². The molecule has 0 bridgehead atoms. The van der Waals surface area contributed by atoms with Crippen LogP contribution in [0.2, 0.25) is 0 Å². The van der Waals surface area contributed by atoms with E-state index in [2.05, 4.69) is 4.08 Å². The van der Waals surface area contributed by atoms with Crippen molar-refractivity contribution in [1.82, 2.24) is 0 Å². The van der Waals surface area contributed by atoms with E-state index in [0.717, 1.165) is 0 Å². The van der Waals surface area contributed by atoms with Gasteiger partial charge in [-0.05, 0) is 12.1 Å². The van der Waals surface area contributed by atoms with Crippen molar-refractivity contribution >= 4 is 20.1 Å². The van der Waals surface area contributed by atoms with Crippen molar-refractivity contribution in [3.63, 3.8) is 0 Å². The molecule has 1 atom stereocenters. The van der Waals surface area contributed by atoms with Gasteiger partial charge in [-0.3, -0.25) is 0 Å².